The van der Waals surface area contributed by atoms with Crippen molar-refractivity contribution >= 4 is 11.9 Å². The molecule has 1 amide bonds. The van der Waals surface area contributed by atoms with Crippen LogP contribution in [0.15, 0.2) is 6.20 Å². The molecule has 0 unspecified atom stereocenters. The third-order valence-electron chi connectivity index (χ3n) is 3.24. The summed E-state index contributed by atoms with van der Waals surface area (Å²) < 4.78 is 99.3. The van der Waals surface area contributed by atoms with Crippen LogP contribution < -0.4 is 5.32 Å². The normalized spacial score (nSPS) is 11.9. The van der Waals surface area contributed by atoms with Crippen molar-refractivity contribution in [1.29, 1.82) is 5.26 Å². The van der Waals surface area contributed by atoms with Gasteiger partial charge < -0.3 is 4.74 Å². The summed E-state index contributed by atoms with van der Waals surface area (Å²) in [6, 6.07) is 1.49. The molecule has 0 aliphatic carbocycles. The van der Waals surface area contributed by atoms with Crippen molar-refractivity contribution in [2.24, 2.45) is 0 Å². The molecule has 1 aromatic heterocycles. The van der Waals surface area contributed by atoms with Crippen LogP contribution in [0.25, 0.3) is 5.69 Å². The van der Waals surface area contributed by atoms with Crippen molar-refractivity contribution < 1.29 is 40.3 Å². The van der Waals surface area contributed by atoms with E-state index >= 15 is 0 Å². The first kappa shape index (κ1) is 22.0. The highest BCUT2D eigenvalue weighted by molar-refractivity contribution is 5.86. The summed E-state index contributed by atoms with van der Waals surface area (Å²) in [7, 11) is 0. The van der Waals surface area contributed by atoms with E-state index in [2.05, 4.69) is 5.10 Å². The molecule has 1 N–H and O–H groups in total. The zero-order valence-electron chi connectivity index (χ0n) is 14.9. The van der Waals surface area contributed by atoms with Gasteiger partial charge in [-0.1, -0.05) is 0 Å². The molecule has 6 nitrogen and oxygen atoms in total. The van der Waals surface area contributed by atoms with Gasteiger partial charge in [0.15, 0.2) is 29.1 Å². The lowest BCUT2D eigenvalue weighted by Crippen LogP contribution is -2.28. The van der Waals surface area contributed by atoms with Crippen LogP contribution >= 0.6 is 0 Å². The maximum atomic E-state index is 14.3. The van der Waals surface area contributed by atoms with Gasteiger partial charge in [0.1, 0.15) is 28.5 Å². The predicted octanol–water partition coefficient (Wildman–Crippen LogP) is 4.67. The van der Waals surface area contributed by atoms with E-state index in [9.17, 15) is 35.5 Å². The van der Waals surface area contributed by atoms with Gasteiger partial charge in [0.25, 0.3) is 0 Å². The fourth-order valence-electron chi connectivity index (χ4n) is 2.18. The average molecular weight is 424 g/mol. The molecule has 2 aromatic rings. The number of benzene rings is 1. The number of ether oxygens (including phenoxy) is 1. The van der Waals surface area contributed by atoms with E-state index < -0.39 is 63.8 Å². The third kappa shape index (κ3) is 4.25. The number of rotatable bonds is 2. The number of nitriles is 1. The predicted molar refractivity (Wildman–Crippen MR) is 83.0 cm³/mol. The van der Waals surface area contributed by atoms with Crippen molar-refractivity contribution in [2.45, 2.75) is 32.5 Å². The highest BCUT2D eigenvalue weighted by Gasteiger charge is 2.43. The lowest BCUT2D eigenvalue weighted by atomic mass is 10.1. The summed E-state index contributed by atoms with van der Waals surface area (Å²) in [4.78, 5) is 11.9. The van der Waals surface area contributed by atoms with Crippen molar-refractivity contribution in [3.05, 3.63) is 40.6 Å². The Hall–Kier alpha value is -3.30. The summed E-state index contributed by atoms with van der Waals surface area (Å²) in [5.74, 6) is -11.1. The lowest BCUT2D eigenvalue weighted by molar-refractivity contribution is -0.143. The monoisotopic (exact) mass is 424 g/mol. The molecule has 0 saturated heterocycles. The van der Waals surface area contributed by atoms with Crippen LogP contribution in [0, 0.1) is 34.6 Å². The van der Waals surface area contributed by atoms with Gasteiger partial charge in [-0.15, -0.1) is 0 Å². The van der Waals surface area contributed by atoms with Gasteiger partial charge in [0.05, 0.1) is 6.20 Å². The van der Waals surface area contributed by atoms with E-state index in [0.717, 1.165) is 0 Å². The number of nitrogens with one attached hydrogen (secondary N) is 1. The number of aromatic nitrogens is 2. The van der Waals surface area contributed by atoms with Crippen LogP contribution in [-0.4, -0.2) is 21.5 Å². The van der Waals surface area contributed by atoms with Crippen molar-refractivity contribution in [3.8, 4) is 11.8 Å². The minimum Gasteiger partial charge on any atom is -0.444 e. The minimum atomic E-state index is -5.73. The van der Waals surface area contributed by atoms with Gasteiger partial charge >= 0.3 is 12.3 Å². The molecule has 1 heterocycles. The van der Waals surface area contributed by atoms with Crippen LogP contribution in [0.2, 0.25) is 0 Å². The second kappa shape index (κ2) is 7.26. The Kier molecular flexibility index (Phi) is 5.51. The number of anilines is 1. The molecule has 13 heteroatoms. The summed E-state index contributed by atoms with van der Waals surface area (Å²) in [6.07, 6.45) is -6.29. The van der Waals surface area contributed by atoms with Crippen LogP contribution in [-0.2, 0) is 10.9 Å². The van der Waals surface area contributed by atoms with Crippen molar-refractivity contribution in [3.63, 3.8) is 0 Å². The molecule has 0 bridgehead atoms. The molecule has 0 fully saturated rings. The molecular formula is C16H11F7N4O2. The van der Waals surface area contributed by atoms with Crippen LogP contribution in [0.5, 0.6) is 0 Å². The second-order valence-electron chi connectivity index (χ2n) is 6.53. The van der Waals surface area contributed by atoms with Gasteiger partial charge in [-0.2, -0.15) is 23.5 Å². The number of amides is 1. The van der Waals surface area contributed by atoms with E-state index in [1.54, 1.807) is 0 Å². The first-order valence-electron chi connectivity index (χ1n) is 7.60. The average Bonchev–Trinajstić information content (AvgIpc) is 2.93. The zero-order chi connectivity index (χ0) is 22.3. The summed E-state index contributed by atoms with van der Waals surface area (Å²) in [5, 5.41) is 14.3. The SMILES string of the molecule is CC(C)(C)OC(=O)Nc1c(C#N)cnn1-c1c(F)c(F)c(C(F)(F)F)c(F)c1F. The number of hydrogen-bond acceptors (Lipinski definition) is 4. The molecule has 0 atom stereocenters. The van der Waals surface area contributed by atoms with Crippen LogP contribution in [0.1, 0.15) is 31.9 Å². The molecule has 156 valence electrons. The Morgan fingerprint density at radius 1 is 1.10 bits per heavy atom. The van der Waals surface area contributed by atoms with Gasteiger partial charge in [-0.3, -0.25) is 5.32 Å². The van der Waals surface area contributed by atoms with E-state index in [-0.39, 0.29) is 4.68 Å². The highest BCUT2D eigenvalue weighted by atomic mass is 19.4. The maximum absolute atomic E-state index is 14.3. The van der Waals surface area contributed by atoms with E-state index in [0.29, 0.717) is 6.20 Å². The first-order chi connectivity index (χ1) is 13.2. The third-order valence-corrected chi connectivity index (χ3v) is 3.24. The van der Waals surface area contributed by atoms with Crippen LogP contribution in [0.4, 0.5) is 41.3 Å². The minimum absolute atomic E-state index is 0.0411. The lowest BCUT2D eigenvalue weighted by Gasteiger charge is -2.20. The first-order valence-corrected chi connectivity index (χ1v) is 7.60. The number of carbonyl (C=O) groups is 1. The van der Waals surface area contributed by atoms with E-state index in [1.807, 2.05) is 5.32 Å². The van der Waals surface area contributed by atoms with Gasteiger partial charge in [-0.25, -0.2) is 27.0 Å². The summed E-state index contributed by atoms with van der Waals surface area (Å²) in [6.45, 7) is 4.40. The number of nitrogens with zero attached hydrogens (tertiary/aromatic N) is 3. The Bertz CT molecular complexity index is 987. The topological polar surface area (TPSA) is 79.9 Å². The zero-order valence-corrected chi connectivity index (χ0v) is 14.9. The number of hydrogen-bond donors (Lipinski definition) is 1. The van der Waals surface area contributed by atoms with E-state index in [4.69, 9.17) is 10.00 Å². The van der Waals surface area contributed by atoms with Gasteiger partial charge in [0.2, 0.25) is 0 Å². The highest BCUT2D eigenvalue weighted by Crippen LogP contribution is 2.38. The molecule has 1 aromatic carbocycles. The molecule has 29 heavy (non-hydrogen) atoms. The second-order valence-corrected chi connectivity index (χ2v) is 6.53. The quantitative estimate of drug-likeness (QED) is 0.562. The molecule has 0 aliphatic heterocycles. The Morgan fingerprint density at radius 3 is 2.03 bits per heavy atom. The summed E-state index contributed by atoms with van der Waals surface area (Å²) in [5.41, 5.74) is -6.04. The Balaban J connectivity index is 2.70. The smallest absolute Gasteiger partial charge is 0.422 e. The molecule has 0 aliphatic rings. The standard InChI is InChI=1S/C16H11F7N4O2/c1-15(2,3)29-14(28)26-13-6(4-24)5-25-27(13)12-10(19)8(17)7(16(21,22)23)9(18)11(12)20/h5H,1-3H3,(H,26,28). The Morgan fingerprint density at radius 2 is 1.62 bits per heavy atom. The molecule has 0 saturated carbocycles. The van der Waals surface area contributed by atoms with Gasteiger partial charge in [0, 0.05) is 0 Å². The fraction of sp³-hybridized carbons (Fsp3) is 0.312. The van der Waals surface area contributed by atoms with Gasteiger partial charge in [-0.05, 0) is 20.8 Å². The molecule has 0 spiro atoms. The Labute approximate surface area is 158 Å². The number of alkyl halides is 3. The molecule has 2 rings (SSSR count). The van der Waals surface area contributed by atoms with Crippen molar-refractivity contribution in [1.82, 2.24) is 9.78 Å². The maximum Gasteiger partial charge on any atom is 0.422 e. The van der Waals surface area contributed by atoms with E-state index in [1.165, 1.54) is 26.8 Å². The fourth-order valence-corrected chi connectivity index (χ4v) is 2.18. The number of halogens is 7. The molecular weight excluding hydrogens is 413 g/mol. The number of carbonyl (C=O) groups excluding carboxylic acids is 1. The van der Waals surface area contributed by atoms with Crippen molar-refractivity contribution in [2.75, 3.05) is 5.32 Å². The van der Waals surface area contributed by atoms with Crippen LogP contribution in [0.3, 0.4) is 0 Å². The largest absolute Gasteiger partial charge is 0.444 e. The summed E-state index contributed by atoms with van der Waals surface area (Å²) >= 11 is 0. The molecule has 0 radical (unpaired) electrons.